The zero-order chi connectivity index (χ0) is 19.4. The van der Waals surface area contributed by atoms with Crippen molar-refractivity contribution >= 4 is 51.6 Å². The summed E-state index contributed by atoms with van der Waals surface area (Å²) in [5.74, 6) is 0.271. The van der Waals surface area contributed by atoms with Gasteiger partial charge in [0.15, 0.2) is 0 Å². The van der Waals surface area contributed by atoms with Crippen molar-refractivity contribution < 1.29 is 14.1 Å². The number of alkyl halides is 2. The summed E-state index contributed by atoms with van der Waals surface area (Å²) in [7, 11) is -0.765. The molecule has 0 aliphatic heterocycles. The van der Waals surface area contributed by atoms with Crippen molar-refractivity contribution in [2.45, 2.75) is 62.1 Å². The second-order valence-corrected chi connectivity index (χ2v) is 10.1. The van der Waals surface area contributed by atoms with E-state index in [1.54, 1.807) is 0 Å². The summed E-state index contributed by atoms with van der Waals surface area (Å²) in [6.45, 7) is 0. The second kappa shape index (κ2) is 13.0. The molecule has 1 atom stereocenters. The maximum atomic E-state index is 12.0. The molecular formula is C19H27Cl3O3S. The molecule has 1 N–H and O–H groups in total. The van der Waals surface area contributed by atoms with Crippen LogP contribution in [0.4, 0.5) is 0 Å². The maximum absolute atomic E-state index is 12.0. The van der Waals surface area contributed by atoms with Gasteiger partial charge in [-0.1, -0.05) is 66.2 Å². The van der Waals surface area contributed by atoms with Gasteiger partial charge in [0.2, 0.25) is 4.33 Å². The Balaban J connectivity index is 1.97. The van der Waals surface area contributed by atoms with E-state index in [2.05, 4.69) is 12.1 Å². The van der Waals surface area contributed by atoms with Crippen LogP contribution in [-0.4, -0.2) is 31.1 Å². The van der Waals surface area contributed by atoms with Crippen LogP contribution in [0.25, 0.3) is 0 Å². The molecule has 0 aliphatic rings. The molecule has 0 aliphatic carbocycles. The van der Waals surface area contributed by atoms with E-state index in [0.29, 0.717) is 12.2 Å². The number of unbranched alkanes of at least 4 members (excludes halogenated alkanes) is 5. The number of benzene rings is 1. The Morgan fingerprint density at radius 1 is 0.923 bits per heavy atom. The molecule has 0 saturated carbocycles. The lowest BCUT2D eigenvalue weighted by atomic mass is 10.1. The predicted octanol–water partition coefficient (Wildman–Crippen LogP) is 6.01. The fraction of sp³-hybridized carbons (Fsp3) is 0.632. The topological polar surface area (TPSA) is 54.4 Å². The first kappa shape index (κ1) is 23.7. The summed E-state index contributed by atoms with van der Waals surface area (Å²) >= 11 is 17.2. The number of aryl methyl sites for hydroxylation is 1. The summed E-state index contributed by atoms with van der Waals surface area (Å²) in [5.41, 5.74) is 1.29. The molecule has 0 amide bonds. The first-order valence-corrected chi connectivity index (χ1v) is 11.6. The highest BCUT2D eigenvalue weighted by Gasteiger charge is 2.32. The van der Waals surface area contributed by atoms with Gasteiger partial charge in [-0.25, -0.2) is 4.79 Å². The average Bonchev–Trinajstić information content (AvgIpc) is 2.59. The highest BCUT2D eigenvalue weighted by Crippen LogP contribution is 2.28. The number of carboxylic acid groups (broad SMARTS) is 1. The standard InChI is InChI=1S/C19H27Cl3O3S/c20-17-11-9-16(10-12-17)8-4-3-7-15-26(25)14-6-2-1-5-13-19(21,22)18(23)24/h9-12H,1-8,13-15H2,(H,23,24). The van der Waals surface area contributed by atoms with Gasteiger partial charge in [-0.05, 0) is 56.2 Å². The summed E-state index contributed by atoms with van der Waals surface area (Å²) in [5, 5.41) is 9.56. The third kappa shape index (κ3) is 10.8. The molecule has 1 aromatic rings. The van der Waals surface area contributed by atoms with Crippen LogP contribution in [0.3, 0.4) is 0 Å². The normalized spacial score (nSPS) is 12.9. The second-order valence-electron chi connectivity index (χ2n) is 6.46. The molecule has 7 heteroatoms. The average molecular weight is 442 g/mol. The Labute approximate surface area is 173 Å². The van der Waals surface area contributed by atoms with E-state index < -0.39 is 21.1 Å². The number of carboxylic acids is 1. The van der Waals surface area contributed by atoms with Crippen LogP contribution < -0.4 is 0 Å². The van der Waals surface area contributed by atoms with E-state index >= 15 is 0 Å². The minimum Gasteiger partial charge on any atom is -0.479 e. The number of hydrogen-bond donors (Lipinski definition) is 1. The largest absolute Gasteiger partial charge is 0.479 e. The molecular weight excluding hydrogens is 415 g/mol. The van der Waals surface area contributed by atoms with Crippen molar-refractivity contribution in [1.82, 2.24) is 0 Å². The third-order valence-corrected chi connectivity index (χ3v) is 6.62. The smallest absolute Gasteiger partial charge is 0.340 e. The van der Waals surface area contributed by atoms with Gasteiger partial charge >= 0.3 is 5.97 Å². The van der Waals surface area contributed by atoms with Crippen molar-refractivity contribution in [3.63, 3.8) is 0 Å². The zero-order valence-electron chi connectivity index (χ0n) is 14.9. The lowest BCUT2D eigenvalue weighted by molar-refractivity contribution is -0.138. The molecule has 3 nitrogen and oxygen atoms in total. The summed E-state index contributed by atoms with van der Waals surface area (Å²) in [6.07, 6.45) is 7.76. The van der Waals surface area contributed by atoms with Gasteiger partial charge in [0.1, 0.15) is 0 Å². The van der Waals surface area contributed by atoms with E-state index in [4.69, 9.17) is 39.9 Å². The highest BCUT2D eigenvalue weighted by atomic mass is 35.5. The van der Waals surface area contributed by atoms with Crippen molar-refractivity contribution in [3.05, 3.63) is 34.9 Å². The van der Waals surface area contributed by atoms with Crippen molar-refractivity contribution in [1.29, 1.82) is 0 Å². The van der Waals surface area contributed by atoms with Gasteiger partial charge in [-0.15, -0.1) is 0 Å². The minimum absolute atomic E-state index is 0.238. The molecule has 0 fully saturated rings. The maximum Gasteiger partial charge on any atom is 0.340 e. The zero-order valence-corrected chi connectivity index (χ0v) is 18.0. The Morgan fingerprint density at radius 2 is 1.46 bits per heavy atom. The molecule has 1 aromatic carbocycles. The van der Waals surface area contributed by atoms with Crippen LogP contribution in [0.5, 0.6) is 0 Å². The number of hydrogen-bond acceptors (Lipinski definition) is 2. The molecule has 148 valence electrons. The van der Waals surface area contributed by atoms with Crippen LogP contribution in [-0.2, 0) is 22.0 Å². The number of rotatable bonds is 14. The molecule has 0 bridgehead atoms. The van der Waals surface area contributed by atoms with Crippen LogP contribution >= 0.6 is 34.8 Å². The number of halogens is 3. The molecule has 0 aromatic heterocycles. The van der Waals surface area contributed by atoms with Crippen LogP contribution in [0, 0.1) is 0 Å². The summed E-state index contributed by atoms with van der Waals surface area (Å²) in [6, 6.07) is 7.92. The SMILES string of the molecule is O=C(O)C(Cl)(Cl)CCCCCCS(=O)CCCCCc1ccc(Cl)cc1. The fourth-order valence-corrected chi connectivity index (χ4v) is 4.24. The van der Waals surface area contributed by atoms with Gasteiger partial charge in [0, 0.05) is 27.3 Å². The van der Waals surface area contributed by atoms with Gasteiger partial charge < -0.3 is 5.11 Å². The van der Waals surface area contributed by atoms with E-state index in [1.165, 1.54) is 5.56 Å². The Morgan fingerprint density at radius 3 is 2.04 bits per heavy atom. The molecule has 1 unspecified atom stereocenters. The van der Waals surface area contributed by atoms with Crippen LogP contribution in [0.15, 0.2) is 24.3 Å². The summed E-state index contributed by atoms with van der Waals surface area (Å²) in [4.78, 5) is 10.8. The first-order chi connectivity index (χ1) is 12.3. The number of aliphatic carboxylic acids is 1. The fourth-order valence-electron chi connectivity index (χ4n) is 2.59. The van der Waals surface area contributed by atoms with Crippen molar-refractivity contribution in [2.75, 3.05) is 11.5 Å². The predicted molar refractivity (Wildman–Crippen MR) is 112 cm³/mol. The molecule has 26 heavy (non-hydrogen) atoms. The number of carbonyl (C=O) groups is 1. The first-order valence-electron chi connectivity index (χ1n) is 9.02. The summed E-state index contributed by atoms with van der Waals surface area (Å²) < 4.78 is 10.3. The quantitative estimate of drug-likeness (QED) is 0.284. The molecule has 0 saturated heterocycles. The third-order valence-electron chi connectivity index (χ3n) is 4.18. The van der Waals surface area contributed by atoms with E-state index in [1.807, 2.05) is 12.1 Å². The Kier molecular flexibility index (Phi) is 11.9. The van der Waals surface area contributed by atoms with E-state index in [9.17, 15) is 9.00 Å². The Bertz CT molecular complexity index is 562. The molecule has 1 rings (SSSR count). The Hall–Kier alpha value is -0.290. The molecule has 0 radical (unpaired) electrons. The van der Waals surface area contributed by atoms with Gasteiger partial charge in [0.25, 0.3) is 0 Å². The lowest BCUT2D eigenvalue weighted by Crippen LogP contribution is -2.25. The van der Waals surface area contributed by atoms with Crippen LogP contribution in [0.1, 0.15) is 56.9 Å². The monoisotopic (exact) mass is 440 g/mol. The lowest BCUT2D eigenvalue weighted by Gasteiger charge is -2.13. The van der Waals surface area contributed by atoms with Crippen LogP contribution in [0.2, 0.25) is 5.02 Å². The van der Waals surface area contributed by atoms with Crippen molar-refractivity contribution in [3.8, 4) is 0 Å². The molecule has 0 spiro atoms. The van der Waals surface area contributed by atoms with Crippen molar-refractivity contribution in [2.24, 2.45) is 0 Å². The minimum atomic E-state index is -1.69. The van der Waals surface area contributed by atoms with E-state index in [0.717, 1.165) is 55.7 Å². The van der Waals surface area contributed by atoms with Gasteiger partial charge in [-0.3, -0.25) is 4.21 Å². The van der Waals surface area contributed by atoms with Gasteiger partial charge in [0.05, 0.1) is 0 Å². The highest BCUT2D eigenvalue weighted by molar-refractivity contribution is 7.84. The van der Waals surface area contributed by atoms with Gasteiger partial charge in [-0.2, -0.15) is 0 Å². The van der Waals surface area contributed by atoms with E-state index in [-0.39, 0.29) is 6.42 Å². The molecule has 0 heterocycles.